The Morgan fingerprint density at radius 1 is 1.12 bits per heavy atom. The molecule has 0 aliphatic rings. The first-order valence-electron chi connectivity index (χ1n) is 7.42. The zero-order valence-corrected chi connectivity index (χ0v) is 16.0. The number of rotatable bonds is 4. The second-order valence-electron chi connectivity index (χ2n) is 5.36. The summed E-state index contributed by atoms with van der Waals surface area (Å²) in [6.07, 6.45) is 1.60. The number of nitrogens with one attached hydrogen (secondary N) is 1. The fraction of sp³-hybridized carbons (Fsp3) is 0.111. The fourth-order valence-corrected chi connectivity index (χ4v) is 3.77. The number of benzene rings is 2. The molecule has 0 radical (unpaired) electrons. The van der Waals surface area contributed by atoms with Crippen molar-refractivity contribution in [2.75, 3.05) is 11.6 Å². The first-order valence-corrected chi connectivity index (χ1v) is 10.2. The summed E-state index contributed by atoms with van der Waals surface area (Å²) in [6.45, 7) is 1.96. The lowest BCUT2D eigenvalue weighted by molar-refractivity contribution is 0.102. The maximum atomic E-state index is 12.4. The number of aromatic nitrogens is 1. The standard InChI is InChI=1S/C18H15ClN2O2S2/c1-11-16(12-3-7-14(19)8-4-12)20-18(24-11)21-17(22)13-5-9-15(10-6-13)25(2)23/h3-10H,1-2H3,(H,20,21,22)/t25-/m1/s1. The van der Waals surface area contributed by atoms with Crippen molar-refractivity contribution >= 4 is 44.8 Å². The second-order valence-corrected chi connectivity index (χ2v) is 8.38. The highest BCUT2D eigenvalue weighted by atomic mass is 35.5. The molecule has 3 rings (SSSR count). The van der Waals surface area contributed by atoms with Crippen LogP contribution >= 0.6 is 22.9 Å². The SMILES string of the molecule is Cc1sc(NC(=O)c2ccc([S@@](C)=O)cc2)nc1-c1ccc(Cl)cc1. The molecule has 0 fully saturated rings. The first kappa shape index (κ1) is 17.8. The van der Waals surface area contributed by atoms with Crippen molar-refractivity contribution in [1.29, 1.82) is 0 Å². The summed E-state index contributed by atoms with van der Waals surface area (Å²) in [5.41, 5.74) is 2.28. The predicted octanol–water partition coefficient (Wildman–Crippen LogP) is 4.76. The number of thiazole rings is 1. The molecular formula is C18H15ClN2O2S2. The van der Waals surface area contributed by atoms with Gasteiger partial charge in [-0.2, -0.15) is 0 Å². The van der Waals surface area contributed by atoms with Crippen molar-refractivity contribution < 1.29 is 9.00 Å². The average molecular weight is 391 g/mol. The predicted molar refractivity (Wildman–Crippen MR) is 104 cm³/mol. The van der Waals surface area contributed by atoms with E-state index in [0.29, 0.717) is 20.6 Å². The van der Waals surface area contributed by atoms with Crippen LogP contribution in [0.3, 0.4) is 0 Å². The van der Waals surface area contributed by atoms with Gasteiger partial charge in [0.2, 0.25) is 0 Å². The minimum Gasteiger partial charge on any atom is -0.298 e. The summed E-state index contributed by atoms with van der Waals surface area (Å²) < 4.78 is 11.4. The van der Waals surface area contributed by atoms with E-state index in [1.165, 1.54) is 11.3 Å². The Labute approximate surface area is 157 Å². The van der Waals surface area contributed by atoms with Crippen LogP contribution in [-0.4, -0.2) is 21.4 Å². The van der Waals surface area contributed by atoms with E-state index >= 15 is 0 Å². The van der Waals surface area contributed by atoms with Crippen molar-refractivity contribution in [2.24, 2.45) is 0 Å². The molecule has 2 aromatic carbocycles. The summed E-state index contributed by atoms with van der Waals surface area (Å²) in [5.74, 6) is -0.246. The van der Waals surface area contributed by atoms with Gasteiger partial charge in [-0.3, -0.25) is 14.3 Å². The molecule has 0 aliphatic carbocycles. The Morgan fingerprint density at radius 3 is 2.36 bits per heavy atom. The molecule has 25 heavy (non-hydrogen) atoms. The third-order valence-electron chi connectivity index (χ3n) is 3.58. The molecule has 1 aromatic heterocycles. The van der Waals surface area contributed by atoms with Gasteiger partial charge in [-0.25, -0.2) is 4.98 Å². The highest BCUT2D eigenvalue weighted by Gasteiger charge is 2.13. The second kappa shape index (κ2) is 7.47. The van der Waals surface area contributed by atoms with E-state index in [1.807, 2.05) is 31.2 Å². The quantitative estimate of drug-likeness (QED) is 0.698. The molecule has 4 nitrogen and oxygen atoms in total. The number of hydrogen-bond acceptors (Lipinski definition) is 4. The summed E-state index contributed by atoms with van der Waals surface area (Å²) in [6, 6.07) is 14.1. The van der Waals surface area contributed by atoms with Crippen LogP contribution in [0, 0.1) is 6.92 Å². The average Bonchev–Trinajstić information content (AvgIpc) is 2.96. The number of carbonyl (C=O) groups is 1. The summed E-state index contributed by atoms with van der Waals surface area (Å²) in [7, 11) is -1.06. The van der Waals surface area contributed by atoms with Crippen LogP contribution < -0.4 is 5.32 Å². The van der Waals surface area contributed by atoms with Gasteiger partial charge in [0.1, 0.15) is 0 Å². The maximum Gasteiger partial charge on any atom is 0.257 e. The molecule has 0 saturated heterocycles. The smallest absolute Gasteiger partial charge is 0.257 e. The van der Waals surface area contributed by atoms with Gasteiger partial charge in [0, 0.05) is 43.0 Å². The molecule has 1 amide bonds. The molecule has 3 aromatic rings. The van der Waals surface area contributed by atoms with Crippen LogP contribution in [0.25, 0.3) is 11.3 Å². The van der Waals surface area contributed by atoms with Gasteiger partial charge >= 0.3 is 0 Å². The molecular weight excluding hydrogens is 376 g/mol. The number of carbonyl (C=O) groups excluding carboxylic acids is 1. The van der Waals surface area contributed by atoms with E-state index in [-0.39, 0.29) is 5.91 Å². The lowest BCUT2D eigenvalue weighted by Crippen LogP contribution is -2.11. The third kappa shape index (κ3) is 4.15. The Kier molecular flexibility index (Phi) is 5.32. The topological polar surface area (TPSA) is 59.1 Å². The van der Waals surface area contributed by atoms with E-state index in [9.17, 15) is 9.00 Å². The summed E-state index contributed by atoms with van der Waals surface area (Å²) >= 11 is 7.34. The zero-order valence-electron chi connectivity index (χ0n) is 13.6. The summed E-state index contributed by atoms with van der Waals surface area (Å²) in [4.78, 5) is 18.6. The minimum atomic E-state index is -1.06. The van der Waals surface area contributed by atoms with E-state index < -0.39 is 10.8 Å². The lowest BCUT2D eigenvalue weighted by Gasteiger charge is -2.03. The Balaban J connectivity index is 1.79. The van der Waals surface area contributed by atoms with Crippen molar-refractivity contribution in [3.8, 4) is 11.3 Å². The van der Waals surface area contributed by atoms with Gasteiger partial charge in [-0.05, 0) is 43.3 Å². The summed E-state index contributed by atoms with van der Waals surface area (Å²) in [5, 5.41) is 4.02. The van der Waals surface area contributed by atoms with Crippen LogP contribution in [-0.2, 0) is 10.8 Å². The Morgan fingerprint density at radius 2 is 1.76 bits per heavy atom. The van der Waals surface area contributed by atoms with Gasteiger partial charge in [-0.1, -0.05) is 23.7 Å². The normalized spacial score (nSPS) is 12.0. The highest BCUT2D eigenvalue weighted by Crippen LogP contribution is 2.31. The van der Waals surface area contributed by atoms with Crippen LogP contribution in [0.5, 0.6) is 0 Å². The molecule has 0 saturated carbocycles. The Bertz CT molecular complexity index is 935. The Hall–Kier alpha value is -2.02. The molecule has 1 atom stereocenters. The van der Waals surface area contributed by atoms with E-state index in [4.69, 9.17) is 11.6 Å². The van der Waals surface area contributed by atoms with Gasteiger partial charge in [-0.15, -0.1) is 11.3 Å². The minimum absolute atomic E-state index is 0.246. The number of halogens is 1. The number of anilines is 1. The first-order chi connectivity index (χ1) is 11.9. The van der Waals surface area contributed by atoms with Crippen molar-refractivity contribution in [3.63, 3.8) is 0 Å². The monoisotopic (exact) mass is 390 g/mol. The van der Waals surface area contributed by atoms with Crippen LogP contribution in [0.1, 0.15) is 15.2 Å². The van der Waals surface area contributed by atoms with Crippen molar-refractivity contribution in [2.45, 2.75) is 11.8 Å². The largest absolute Gasteiger partial charge is 0.298 e. The molecule has 0 bridgehead atoms. The van der Waals surface area contributed by atoms with Crippen molar-refractivity contribution in [3.05, 3.63) is 64.0 Å². The molecule has 0 spiro atoms. The van der Waals surface area contributed by atoms with E-state index in [2.05, 4.69) is 10.3 Å². The number of amides is 1. The van der Waals surface area contributed by atoms with Gasteiger partial charge in [0.25, 0.3) is 5.91 Å². The van der Waals surface area contributed by atoms with Crippen LogP contribution in [0.4, 0.5) is 5.13 Å². The highest BCUT2D eigenvalue weighted by molar-refractivity contribution is 7.84. The van der Waals surface area contributed by atoms with Crippen LogP contribution in [0.15, 0.2) is 53.4 Å². The lowest BCUT2D eigenvalue weighted by atomic mass is 10.1. The molecule has 1 N–H and O–H groups in total. The number of aryl methyl sites for hydroxylation is 1. The molecule has 0 unspecified atom stereocenters. The molecule has 128 valence electrons. The molecule has 1 heterocycles. The van der Waals surface area contributed by atoms with E-state index in [0.717, 1.165) is 16.1 Å². The van der Waals surface area contributed by atoms with Gasteiger partial charge < -0.3 is 0 Å². The third-order valence-corrected chi connectivity index (χ3v) is 5.66. The number of hydrogen-bond donors (Lipinski definition) is 1. The maximum absolute atomic E-state index is 12.4. The zero-order chi connectivity index (χ0) is 18.0. The number of nitrogens with zero attached hydrogens (tertiary/aromatic N) is 1. The van der Waals surface area contributed by atoms with Crippen LogP contribution in [0.2, 0.25) is 5.02 Å². The van der Waals surface area contributed by atoms with Crippen molar-refractivity contribution in [1.82, 2.24) is 4.98 Å². The molecule has 7 heteroatoms. The van der Waals surface area contributed by atoms with Gasteiger partial charge in [0.15, 0.2) is 5.13 Å². The molecule has 0 aliphatic heterocycles. The van der Waals surface area contributed by atoms with Gasteiger partial charge in [0.05, 0.1) is 5.69 Å². The van der Waals surface area contributed by atoms with E-state index in [1.54, 1.807) is 30.5 Å². The fourth-order valence-electron chi connectivity index (χ4n) is 2.29.